The van der Waals surface area contributed by atoms with E-state index >= 15 is 0 Å². The summed E-state index contributed by atoms with van der Waals surface area (Å²) in [5.41, 5.74) is 8.50. The second-order valence-electron chi connectivity index (χ2n) is 4.19. The van der Waals surface area contributed by atoms with Crippen molar-refractivity contribution in [1.82, 2.24) is 4.57 Å². The second-order valence-corrected chi connectivity index (χ2v) is 4.19. The maximum Gasteiger partial charge on any atom is 0.126 e. The third-order valence-electron chi connectivity index (χ3n) is 3.18. The number of rotatable bonds is 1. The lowest BCUT2D eigenvalue weighted by Gasteiger charge is -2.11. The van der Waals surface area contributed by atoms with Gasteiger partial charge in [-0.2, -0.15) is 10.5 Å². The molecule has 19 heavy (non-hydrogen) atoms. The van der Waals surface area contributed by atoms with Gasteiger partial charge in [0, 0.05) is 5.69 Å². The largest absolute Gasteiger partial charge is 0.384 e. The Kier molecular flexibility index (Phi) is 2.98. The lowest BCUT2D eigenvalue weighted by atomic mass is 10.2. The maximum atomic E-state index is 13.2. The summed E-state index contributed by atoms with van der Waals surface area (Å²) in [6, 6.07) is 7.87. The van der Waals surface area contributed by atoms with Crippen molar-refractivity contribution in [3.8, 4) is 17.8 Å². The Hall–Kier alpha value is -2.79. The van der Waals surface area contributed by atoms with Gasteiger partial charge in [-0.25, -0.2) is 4.39 Å². The van der Waals surface area contributed by atoms with E-state index in [4.69, 9.17) is 16.3 Å². The van der Waals surface area contributed by atoms with Crippen LogP contribution in [-0.2, 0) is 0 Å². The number of halogens is 1. The van der Waals surface area contributed by atoms with Crippen LogP contribution in [0.15, 0.2) is 18.2 Å². The minimum atomic E-state index is -0.485. The van der Waals surface area contributed by atoms with Crippen molar-refractivity contribution in [2.45, 2.75) is 13.8 Å². The van der Waals surface area contributed by atoms with Gasteiger partial charge in [-0.05, 0) is 37.6 Å². The number of nitrogens with zero attached hydrogens (tertiary/aromatic N) is 3. The summed E-state index contributed by atoms with van der Waals surface area (Å²) >= 11 is 0. The summed E-state index contributed by atoms with van der Waals surface area (Å²) in [4.78, 5) is 0. The van der Waals surface area contributed by atoms with Crippen molar-refractivity contribution < 1.29 is 4.39 Å². The van der Waals surface area contributed by atoms with Gasteiger partial charge in [0.25, 0.3) is 0 Å². The van der Waals surface area contributed by atoms with E-state index in [1.807, 2.05) is 12.1 Å². The molecule has 0 fully saturated rings. The molecule has 0 aliphatic carbocycles. The molecule has 1 aromatic carbocycles. The lowest BCUT2D eigenvalue weighted by Crippen LogP contribution is -2.05. The Morgan fingerprint density at radius 3 is 2.42 bits per heavy atom. The van der Waals surface area contributed by atoms with Gasteiger partial charge in [0.2, 0.25) is 0 Å². The minimum absolute atomic E-state index is 0.175. The molecular weight excluding hydrogens is 243 g/mol. The van der Waals surface area contributed by atoms with Crippen molar-refractivity contribution >= 4 is 5.82 Å². The molecule has 0 atom stereocenters. The number of nitriles is 2. The fraction of sp³-hybridized carbons (Fsp3) is 0.143. The van der Waals surface area contributed by atoms with Crippen LogP contribution >= 0.6 is 0 Å². The van der Waals surface area contributed by atoms with Crippen molar-refractivity contribution in [1.29, 1.82) is 10.5 Å². The molecule has 2 N–H and O–H groups in total. The zero-order valence-electron chi connectivity index (χ0n) is 10.5. The molecule has 5 heteroatoms. The molecule has 2 rings (SSSR count). The van der Waals surface area contributed by atoms with Crippen molar-refractivity contribution in [2.75, 3.05) is 5.73 Å². The summed E-state index contributed by atoms with van der Waals surface area (Å²) in [6.45, 7) is 3.59. The lowest BCUT2D eigenvalue weighted by molar-refractivity contribution is 0.627. The Morgan fingerprint density at radius 2 is 1.89 bits per heavy atom. The van der Waals surface area contributed by atoms with E-state index in [9.17, 15) is 4.39 Å². The topological polar surface area (TPSA) is 78.5 Å². The zero-order chi connectivity index (χ0) is 14.2. The van der Waals surface area contributed by atoms with Crippen molar-refractivity contribution in [2.24, 2.45) is 0 Å². The number of hydrogen-bond acceptors (Lipinski definition) is 3. The fourth-order valence-corrected chi connectivity index (χ4v) is 2.08. The highest BCUT2D eigenvalue weighted by molar-refractivity contribution is 5.64. The number of nitrogen functional groups attached to an aromatic ring is 1. The van der Waals surface area contributed by atoms with E-state index < -0.39 is 5.82 Å². The first-order chi connectivity index (χ1) is 9.01. The van der Waals surface area contributed by atoms with Crippen LogP contribution in [0.1, 0.15) is 22.4 Å². The summed E-state index contributed by atoms with van der Waals surface area (Å²) < 4.78 is 14.8. The van der Waals surface area contributed by atoms with Crippen LogP contribution in [0.25, 0.3) is 5.69 Å². The van der Waals surface area contributed by atoms with E-state index in [0.29, 0.717) is 11.3 Å². The SMILES string of the molecule is Cc1c(C#N)c(N)n(-c2ccc(F)cc2C#N)c1C. The summed E-state index contributed by atoms with van der Waals surface area (Å²) in [5, 5.41) is 18.2. The first-order valence-electron chi connectivity index (χ1n) is 5.58. The molecule has 0 aliphatic heterocycles. The number of aromatic nitrogens is 1. The summed E-state index contributed by atoms with van der Waals surface area (Å²) in [7, 11) is 0. The van der Waals surface area contributed by atoms with E-state index in [0.717, 1.165) is 17.3 Å². The fourth-order valence-electron chi connectivity index (χ4n) is 2.08. The molecule has 0 bridgehead atoms. The third kappa shape index (κ3) is 1.82. The number of anilines is 1. The first kappa shape index (κ1) is 12.7. The number of nitrogens with two attached hydrogens (primary N) is 1. The minimum Gasteiger partial charge on any atom is -0.384 e. The molecule has 0 saturated heterocycles. The van der Waals surface area contributed by atoms with Crippen LogP contribution in [-0.4, -0.2) is 4.57 Å². The Labute approximate surface area is 110 Å². The summed E-state index contributed by atoms with van der Waals surface area (Å²) in [6.07, 6.45) is 0. The van der Waals surface area contributed by atoms with Crippen LogP contribution < -0.4 is 5.73 Å². The molecule has 0 unspecified atom stereocenters. The Balaban J connectivity index is 2.82. The molecule has 0 radical (unpaired) electrons. The van der Waals surface area contributed by atoms with Crippen LogP contribution in [0.2, 0.25) is 0 Å². The van der Waals surface area contributed by atoms with Crippen LogP contribution in [0.3, 0.4) is 0 Å². The van der Waals surface area contributed by atoms with Gasteiger partial charge < -0.3 is 5.73 Å². The van der Waals surface area contributed by atoms with Gasteiger partial charge in [-0.15, -0.1) is 0 Å². The molecule has 4 nitrogen and oxygen atoms in total. The molecule has 1 aromatic heterocycles. The van der Waals surface area contributed by atoms with Gasteiger partial charge >= 0.3 is 0 Å². The highest BCUT2D eigenvalue weighted by Gasteiger charge is 2.18. The predicted octanol–water partition coefficient (Wildman–Crippen LogP) is 2.56. The first-order valence-corrected chi connectivity index (χ1v) is 5.58. The molecule has 0 saturated carbocycles. The maximum absolute atomic E-state index is 13.2. The molecule has 94 valence electrons. The van der Waals surface area contributed by atoms with E-state index in [1.54, 1.807) is 18.4 Å². The van der Waals surface area contributed by atoms with Crippen LogP contribution in [0.5, 0.6) is 0 Å². The van der Waals surface area contributed by atoms with Crippen LogP contribution in [0, 0.1) is 42.3 Å². The standard InChI is InChI=1S/C14H11FN4/c1-8-9(2)19(14(18)12(8)7-17)13-4-3-11(15)5-10(13)6-16/h3-5H,18H2,1-2H3. The van der Waals surface area contributed by atoms with Gasteiger partial charge in [-0.1, -0.05) is 0 Å². The number of hydrogen-bond donors (Lipinski definition) is 1. The van der Waals surface area contributed by atoms with Gasteiger partial charge in [-0.3, -0.25) is 4.57 Å². The van der Waals surface area contributed by atoms with E-state index in [-0.39, 0.29) is 11.4 Å². The van der Waals surface area contributed by atoms with Crippen LogP contribution in [0.4, 0.5) is 10.2 Å². The monoisotopic (exact) mass is 254 g/mol. The molecule has 0 aliphatic rings. The van der Waals surface area contributed by atoms with Gasteiger partial charge in [0.1, 0.15) is 23.8 Å². The normalized spacial score (nSPS) is 9.95. The van der Waals surface area contributed by atoms with Gasteiger partial charge in [0.05, 0.1) is 16.8 Å². The van der Waals surface area contributed by atoms with Crippen molar-refractivity contribution in [3.05, 3.63) is 46.4 Å². The predicted molar refractivity (Wildman–Crippen MR) is 69.0 cm³/mol. The van der Waals surface area contributed by atoms with E-state index in [2.05, 4.69) is 0 Å². The molecule has 2 aromatic rings. The number of benzene rings is 1. The highest BCUT2D eigenvalue weighted by atomic mass is 19.1. The Bertz CT molecular complexity index is 744. The molecule has 1 heterocycles. The quantitative estimate of drug-likeness (QED) is 0.849. The van der Waals surface area contributed by atoms with E-state index in [1.165, 1.54) is 12.1 Å². The smallest absolute Gasteiger partial charge is 0.126 e. The zero-order valence-corrected chi connectivity index (χ0v) is 10.5. The Morgan fingerprint density at radius 1 is 1.21 bits per heavy atom. The van der Waals surface area contributed by atoms with Gasteiger partial charge in [0.15, 0.2) is 0 Å². The average Bonchev–Trinajstić information content (AvgIpc) is 2.61. The molecular formula is C14H11FN4. The second kappa shape index (κ2) is 4.47. The molecule has 0 amide bonds. The molecule has 0 spiro atoms. The highest BCUT2D eigenvalue weighted by Crippen LogP contribution is 2.29. The summed E-state index contributed by atoms with van der Waals surface area (Å²) in [5.74, 6) is -0.221. The third-order valence-corrected chi connectivity index (χ3v) is 3.18. The average molecular weight is 254 g/mol. The van der Waals surface area contributed by atoms with Crippen molar-refractivity contribution in [3.63, 3.8) is 0 Å².